The number of hydrogen-bond acceptors (Lipinski definition) is 4. The normalized spacial score (nSPS) is 13.4. The average Bonchev–Trinajstić information content (AvgIpc) is 2.62. The van der Waals surface area contributed by atoms with Gasteiger partial charge in [0.15, 0.2) is 0 Å². The fourth-order valence-electron chi connectivity index (χ4n) is 1.53. The van der Waals surface area contributed by atoms with Gasteiger partial charge in [0.2, 0.25) is 0 Å². The van der Waals surface area contributed by atoms with E-state index >= 15 is 0 Å². The zero-order valence-electron chi connectivity index (χ0n) is 9.90. The van der Waals surface area contributed by atoms with Gasteiger partial charge in [-0.2, -0.15) is 16.9 Å². The molecule has 0 aliphatic heterocycles. The van der Waals surface area contributed by atoms with Gasteiger partial charge in [-0.25, -0.2) is 0 Å². The second-order valence-electron chi connectivity index (χ2n) is 3.79. The van der Waals surface area contributed by atoms with E-state index in [4.69, 9.17) is 5.84 Å². The molecule has 16 heavy (non-hydrogen) atoms. The molecule has 0 aliphatic carbocycles. The Hall–Kier alpha value is -0.0400. The smallest absolute Gasteiger partial charge is 0.0730 e. The molecule has 3 N–H and O–H groups in total. The highest BCUT2D eigenvalue weighted by Gasteiger charge is 2.20. The number of nitrogens with one attached hydrogen (secondary N) is 1. The molecule has 0 saturated carbocycles. The topological polar surface area (TPSA) is 55.9 Å². The predicted octanol–water partition coefficient (Wildman–Crippen LogP) is 2.48. The quantitative estimate of drug-likeness (QED) is 0.626. The van der Waals surface area contributed by atoms with Gasteiger partial charge >= 0.3 is 0 Å². The number of nitrogens with two attached hydrogens (primary N) is 1. The van der Waals surface area contributed by atoms with E-state index < -0.39 is 0 Å². The molecule has 0 fully saturated rings. The summed E-state index contributed by atoms with van der Waals surface area (Å²) in [6.07, 6.45) is 1.83. The second-order valence-corrected chi connectivity index (χ2v) is 5.97. The van der Waals surface area contributed by atoms with E-state index in [1.54, 1.807) is 0 Å². The SMILES string of the molecule is CCSCC(NN)c1c(Br)cnn1C(C)C. The second kappa shape index (κ2) is 6.64. The van der Waals surface area contributed by atoms with Crippen LogP contribution in [0.4, 0.5) is 0 Å². The van der Waals surface area contributed by atoms with Crippen LogP contribution in [0.25, 0.3) is 0 Å². The first-order chi connectivity index (χ1) is 7.61. The summed E-state index contributed by atoms with van der Waals surface area (Å²) in [4.78, 5) is 0. The Bertz CT molecular complexity index is 327. The van der Waals surface area contributed by atoms with Gasteiger partial charge in [0.05, 0.1) is 22.4 Å². The van der Waals surface area contributed by atoms with Crippen LogP contribution in [0.5, 0.6) is 0 Å². The Morgan fingerprint density at radius 1 is 1.62 bits per heavy atom. The Balaban J connectivity index is 2.93. The van der Waals surface area contributed by atoms with Crippen molar-refractivity contribution in [2.24, 2.45) is 5.84 Å². The molecule has 0 amide bonds. The number of hydrogen-bond donors (Lipinski definition) is 2. The van der Waals surface area contributed by atoms with Crippen LogP contribution < -0.4 is 11.3 Å². The summed E-state index contributed by atoms with van der Waals surface area (Å²) in [5.41, 5.74) is 3.99. The first-order valence-corrected chi connectivity index (χ1v) is 7.33. The summed E-state index contributed by atoms with van der Waals surface area (Å²) < 4.78 is 3.02. The molecule has 1 unspecified atom stereocenters. The molecule has 0 aliphatic rings. The molecule has 1 heterocycles. The molecule has 1 atom stereocenters. The number of rotatable bonds is 6. The van der Waals surface area contributed by atoms with Crippen LogP contribution in [-0.2, 0) is 0 Å². The van der Waals surface area contributed by atoms with Crippen LogP contribution >= 0.6 is 27.7 Å². The van der Waals surface area contributed by atoms with E-state index in [-0.39, 0.29) is 6.04 Å². The lowest BCUT2D eigenvalue weighted by atomic mass is 10.2. The minimum absolute atomic E-state index is 0.129. The molecule has 4 nitrogen and oxygen atoms in total. The fraction of sp³-hybridized carbons (Fsp3) is 0.700. The summed E-state index contributed by atoms with van der Waals surface area (Å²) >= 11 is 5.39. The lowest BCUT2D eigenvalue weighted by molar-refractivity contribution is 0.467. The van der Waals surface area contributed by atoms with Crippen LogP contribution in [0.2, 0.25) is 0 Å². The molecular weight excluding hydrogens is 288 g/mol. The van der Waals surface area contributed by atoms with Gasteiger partial charge in [-0.1, -0.05) is 6.92 Å². The molecule has 0 aromatic carbocycles. The van der Waals surface area contributed by atoms with Crippen molar-refractivity contribution < 1.29 is 0 Å². The van der Waals surface area contributed by atoms with E-state index in [1.807, 2.05) is 22.6 Å². The minimum Gasteiger partial charge on any atom is -0.271 e. The van der Waals surface area contributed by atoms with Crippen molar-refractivity contribution in [2.75, 3.05) is 11.5 Å². The fourth-order valence-corrected chi connectivity index (χ4v) is 2.81. The molecule has 6 heteroatoms. The van der Waals surface area contributed by atoms with Crippen molar-refractivity contribution >= 4 is 27.7 Å². The van der Waals surface area contributed by atoms with Crippen molar-refractivity contribution in [2.45, 2.75) is 32.9 Å². The van der Waals surface area contributed by atoms with E-state index in [0.29, 0.717) is 6.04 Å². The Morgan fingerprint density at radius 2 is 2.31 bits per heavy atom. The van der Waals surface area contributed by atoms with Crippen molar-refractivity contribution in [3.8, 4) is 0 Å². The number of nitrogens with zero attached hydrogens (tertiary/aromatic N) is 2. The summed E-state index contributed by atoms with van der Waals surface area (Å²) in [6, 6.07) is 0.466. The van der Waals surface area contributed by atoms with Gasteiger partial charge < -0.3 is 0 Å². The molecule has 92 valence electrons. The summed E-state index contributed by atoms with van der Waals surface area (Å²) in [5, 5.41) is 4.36. The third-order valence-corrected chi connectivity index (χ3v) is 3.88. The van der Waals surface area contributed by atoms with Crippen LogP contribution in [0.1, 0.15) is 38.5 Å². The molecule has 1 aromatic rings. The van der Waals surface area contributed by atoms with Crippen LogP contribution in [-0.4, -0.2) is 21.3 Å². The van der Waals surface area contributed by atoms with Crippen molar-refractivity contribution in [1.29, 1.82) is 0 Å². The van der Waals surface area contributed by atoms with Crippen molar-refractivity contribution in [3.63, 3.8) is 0 Å². The Morgan fingerprint density at radius 3 is 2.81 bits per heavy atom. The highest BCUT2D eigenvalue weighted by atomic mass is 79.9. The number of aromatic nitrogens is 2. The van der Waals surface area contributed by atoms with Gasteiger partial charge in [-0.3, -0.25) is 16.0 Å². The molecule has 0 saturated heterocycles. The third kappa shape index (κ3) is 3.23. The molecule has 1 rings (SSSR count). The molecule has 0 bridgehead atoms. The van der Waals surface area contributed by atoms with Gasteiger partial charge in [-0.05, 0) is 35.5 Å². The first kappa shape index (κ1) is 14.0. The lowest BCUT2D eigenvalue weighted by Crippen LogP contribution is -2.32. The summed E-state index contributed by atoms with van der Waals surface area (Å²) in [7, 11) is 0. The van der Waals surface area contributed by atoms with Gasteiger partial charge in [0.25, 0.3) is 0 Å². The zero-order valence-corrected chi connectivity index (χ0v) is 12.3. The van der Waals surface area contributed by atoms with Crippen LogP contribution in [0, 0.1) is 0 Å². The van der Waals surface area contributed by atoms with Crippen LogP contribution in [0.15, 0.2) is 10.7 Å². The highest BCUT2D eigenvalue weighted by Crippen LogP contribution is 2.27. The predicted molar refractivity (Wildman–Crippen MR) is 73.4 cm³/mol. The maximum Gasteiger partial charge on any atom is 0.0730 e. The van der Waals surface area contributed by atoms with Gasteiger partial charge in [0, 0.05) is 11.8 Å². The van der Waals surface area contributed by atoms with E-state index in [2.05, 4.69) is 47.2 Å². The summed E-state index contributed by atoms with van der Waals surface area (Å²) in [6.45, 7) is 6.37. The Labute approximate surface area is 109 Å². The molecule has 0 spiro atoms. The number of halogens is 1. The first-order valence-electron chi connectivity index (χ1n) is 5.38. The average molecular weight is 307 g/mol. The summed E-state index contributed by atoms with van der Waals surface area (Å²) in [5.74, 6) is 7.65. The number of thioether (sulfide) groups is 1. The van der Waals surface area contributed by atoms with Crippen LogP contribution in [0.3, 0.4) is 0 Å². The maximum atomic E-state index is 5.62. The Kier molecular flexibility index (Phi) is 5.82. The van der Waals surface area contributed by atoms with E-state index in [9.17, 15) is 0 Å². The monoisotopic (exact) mass is 306 g/mol. The van der Waals surface area contributed by atoms with Crippen molar-refractivity contribution in [1.82, 2.24) is 15.2 Å². The molecule has 1 aromatic heterocycles. The third-order valence-electron chi connectivity index (χ3n) is 2.30. The van der Waals surface area contributed by atoms with E-state index in [1.165, 1.54) is 0 Å². The minimum atomic E-state index is 0.129. The number of hydrazine groups is 1. The maximum absolute atomic E-state index is 5.62. The molecular formula is C10H19BrN4S. The molecule has 0 radical (unpaired) electrons. The van der Waals surface area contributed by atoms with Gasteiger partial charge in [-0.15, -0.1) is 0 Å². The van der Waals surface area contributed by atoms with E-state index in [0.717, 1.165) is 21.7 Å². The largest absolute Gasteiger partial charge is 0.271 e. The van der Waals surface area contributed by atoms with Gasteiger partial charge in [0.1, 0.15) is 0 Å². The zero-order chi connectivity index (χ0) is 12.1. The highest BCUT2D eigenvalue weighted by molar-refractivity contribution is 9.10. The van der Waals surface area contributed by atoms with Crippen molar-refractivity contribution in [3.05, 3.63) is 16.4 Å². The standard InChI is InChI=1S/C10H19BrN4S/c1-4-16-6-9(14-12)10-8(11)5-13-15(10)7(2)3/h5,7,9,14H,4,6,12H2,1-3H3. The lowest BCUT2D eigenvalue weighted by Gasteiger charge is -2.19.